The zero-order chi connectivity index (χ0) is 6.85. The number of thiophene rings is 1. The molecule has 0 amide bonds. The summed E-state index contributed by atoms with van der Waals surface area (Å²) in [5.41, 5.74) is 0.803. The van der Waals surface area contributed by atoms with Gasteiger partial charge in [-0.3, -0.25) is 0 Å². The van der Waals surface area contributed by atoms with Crippen LogP contribution in [0.15, 0.2) is 6.07 Å². The molecule has 0 radical (unpaired) electrons. The Labute approximate surface area is 58.8 Å². The third-order valence-electron chi connectivity index (χ3n) is 1.14. The first kappa shape index (κ1) is 6.31. The number of nitrogens with zero attached hydrogens (tertiary/aromatic N) is 1. The monoisotopic (exact) mass is 137 g/mol. The molecule has 0 saturated carbocycles. The van der Waals surface area contributed by atoms with Crippen LogP contribution in [-0.2, 0) is 0 Å². The minimum absolute atomic E-state index is 0.803. The average Bonchev–Trinajstić information content (AvgIpc) is 2.10. The van der Waals surface area contributed by atoms with Gasteiger partial charge in [0, 0.05) is 4.88 Å². The first-order chi connectivity index (χ1) is 4.24. The van der Waals surface area contributed by atoms with E-state index in [1.54, 1.807) is 11.3 Å². The molecule has 2 heteroatoms. The van der Waals surface area contributed by atoms with Crippen molar-refractivity contribution in [2.24, 2.45) is 0 Å². The largest absolute Gasteiger partial charge is 0.237 e. The van der Waals surface area contributed by atoms with Gasteiger partial charge in [-0.1, -0.05) is 0 Å². The molecule has 0 spiro atoms. The summed E-state index contributed by atoms with van der Waals surface area (Å²) >= 11 is 1.68. The Morgan fingerprint density at radius 1 is 1.56 bits per heavy atom. The molecule has 0 aliphatic carbocycles. The maximum atomic E-state index is 6.73. The summed E-state index contributed by atoms with van der Waals surface area (Å²) in [6.07, 6.45) is 0. The van der Waals surface area contributed by atoms with Crippen LogP contribution >= 0.6 is 11.3 Å². The van der Waals surface area contributed by atoms with Gasteiger partial charge in [0.1, 0.15) is 0 Å². The molecule has 1 aromatic heterocycles. The van der Waals surface area contributed by atoms with E-state index < -0.39 is 0 Å². The maximum Gasteiger partial charge on any atom is 0.200 e. The van der Waals surface area contributed by atoms with Crippen molar-refractivity contribution in [3.8, 4) is 0 Å². The van der Waals surface area contributed by atoms with Crippen molar-refractivity contribution >= 4 is 17.0 Å². The smallest absolute Gasteiger partial charge is 0.200 e. The van der Waals surface area contributed by atoms with Gasteiger partial charge in [0.05, 0.1) is 6.57 Å². The molecule has 0 aliphatic rings. The molecule has 0 aliphatic heterocycles. The Morgan fingerprint density at radius 2 is 2.22 bits per heavy atom. The lowest BCUT2D eigenvalue weighted by molar-refractivity contribution is 1.62. The predicted molar refractivity (Wildman–Crippen MR) is 40.1 cm³/mol. The van der Waals surface area contributed by atoms with Gasteiger partial charge < -0.3 is 0 Å². The van der Waals surface area contributed by atoms with Crippen LogP contribution in [0.3, 0.4) is 0 Å². The second-order valence-corrected chi connectivity index (χ2v) is 3.37. The lowest BCUT2D eigenvalue weighted by Crippen LogP contribution is -1.51. The van der Waals surface area contributed by atoms with Gasteiger partial charge in [-0.25, -0.2) is 4.85 Å². The summed E-state index contributed by atoms with van der Waals surface area (Å²) in [4.78, 5) is 5.70. The van der Waals surface area contributed by atoms with E-state index in [1.165, 1.54) is 4.88 Å². The van der Waals surface area contributed by atoms with Gasteiger partial charge in [0.15, 0.2) is 0 Å². The summed E-state index contributed by atoms with van der Waals surface area (Å²) < 4.78 is 0. The van der Waals surface area contributed by atoms with Crippen molar-refractivity contribution in [2.45, 2.75) is 13.8 Å². The lowest BCUT2D eigenvalue weighted by atomic mass is 10.4. The van der Waals surface area contributed by atoms with E-state index in [9.17, 15) is 0 Å². The molecule has 0 bridgehead atoms. The van der Waals surface area contributed by atoms with Crippen LogP contribution in [0.1, 0.15) is 9.75 Å². The average molecular weight is 137 g/mol. The number of hydrogen-bond donors (Lipinski definition) is 0. The predicted octanol–water partition coefficient (Wildman–Crippen LogP) is 2.92. The van der Waals surface area contributed by atoms with Crippen LogP contribution in [0, 0.1) is 20.4 Å². The lowest BCUT2D eigenvalue weighted by Gasteiger charge is -1.77. The highest BCUT2D eigenvalue weighted by Gasteiger charge is 1.99. The number of aryl methyl sites for hydroxylation is 2. The molecular formula is C7H7NS. The fourth-order valence-electron chi connectivity index (χ4n) is 0.728. The summed E-state index contributed by atoms with van der Waals surface area (Å²) in [6.45, 7) is 10.7. The molecular weight excluding hydrogens is 130 g/mol. The molecule has 0 N–H and O–H groups in total. The van der Waals surface area contributed by atoms with Crippen LogP contribution in [0.4, 0.5) is 5.69 Å². The van der Waals surface area contributed by atoms with Crippen molar-refractivity contribution in [2.75, 3.05) is 0 Å². The molecule has 0 unspecified atom stereocenters. The molecule has 1 rings (SSSR count). The molecule has 1 nitrogen and oxygen atoms in total. The summed E-state index contributed by atoms with van der Waals surface area (Å²) in [7, 11) is 0. The van der Waals surface area contributed by atoms with Crippen molar-refractivity contribution in [3.05, 3.63) is 27.2 Å². The van der Waals surface area contributed by atoms with E-state index in [0.717, 1.165) is 10.6 Å². The van der Waals surface area contributed by atoms with Gasteiger partial charge in [0.25, 0.3) is 0 Å². The zero-order valence-electron chi connectivity index (χ0n) is 5.43. The fraction of sp³-hybridized carbons (Fsp3) is 0.286. The van der Waals surface area contributed by atoms with Crippen molar-refractivity contribution in [1.29, 1.82) is 0 Å². The fourth-order valence-corrected chi connectivity index (χ4v) is 1.59. The first-order valence-electron chi connectivity index (χ1n) is 2.68. The highest BCUT2D eigenvalue weighted by atomic mass is 32.1. The van der Waals surface area contributed by atoms with Gasteiger partial charge >= 0.3 is 0 Å². The van der Waals surface area contributed by atoms with Gasteiger partial charge in [-0.05, 0) is 24.8 Å². The molecule has 0 fully saturated rings. The SMILES string of the molecule is [C-]#[N+]c1cc(C)sc1C. The highest BCUT2D eigenvalue weighted by molar-refractivity contribution is 7.12. The molecule has 1 heterocycles. The Balaban J connectivity index is 3.20. The third kappa shape index (κ3) is 1.11. The van der Waals surface area contributed by atoms with E-state index in [4.69, 9.17) is 6.57 Å². The Kier molecular flexibility index (Phi) is 1.54. The van der Waals surface area contributed by atoms with E-state index in [0.29, 0.717) is 0 Å². The summed E-state index contributed by atoms with van der Waals surface area (Å²) in [5, 5.41) is 0. The molecule has 46 valence electrons. The molecule has 0 saturated heterocycles. The standard InChI is InChI=1S/C7H7NS/c1-5-4-7(8-3)6(2)9-5/h4H,1-2H3. The van der Waals surface area contributed by atoms with E-state index in [2.05, 4.69) is 4.85 Å². The third-order valence-corrected chi connectivity index (χ3v) is 2.09. The summed E-state index contributed by atoms with van der Waals surface area (Å²) in [6, 6.07) is 1.92. The van der Waals surface area contributed by atoms with Crippen molar-refractivity contribution < 1.29 is 0 Å². The van der Waals surface area contributed by atoms with Crippen LogP contribution in [0.2, 0.25) is 0 Å². The minimum atomic E-state index is 0.803. The van der Waals surface area contributed by atoms with E-state index >= 15 is 0 Å². The molecule has 9 heavy (non-hydrogen) atoms. The Bertz CT molecular complexity index is 254. The van der Waals surface area contributed by atoms with Crippen LogP contribution in [-0.4, -0.2) is 0 Å². The molecule has 1 aromatic rings. The van der Waals surface area contributed by atoms with Gasteiger partial charge in [-0.15, -0.1) is 0 Å². The van der Waals surface area contributed by atoms with Crippen LogP contribution < -0.4 is 0 Å². The number of rotatable bonds is 0. The Hall–Kier alpha value is -0.810. The quantitative estimate of drug-likeness (QED) is 0.484. The first-order valence-corrected chi connectivity index (χ1v) is 3.50. The molecule has 0 aromatic carbocycles. The normalized spacial score (nSPS) is 9.00. The zero-order valence-corrected chi connectivity index (χ0v) is 6.25. The van der Waals surface area contributed by atoms with E-state index in [-0.39, 0.29) is 0 Å². The van der Waals surface area contributed by atoms with Gasteiger partial charge in [-0.2, -0.15) is 11.3 Å². The maximum absolute atomic E-state index is 6.73. The summed E-state index contributed by atoms with van der Waals surface area (Å²) in [5.74, 6) is 0. The Morgan fingerprint density at radius 3 is 2.44 bits per heavy atom. The topological polar surface area (TPSA) is 4.36 Å². The van der Waals surface area contributed by atoms with Crippen LogP contribution in [0.5, 0.6) is 0 Å². The van der Waals surface area contributed by atoms with Crippen molar-refractivity contribution in [3.63, 3.8) is 0 Å². The second-order valence-electron chi connectivity index (χ2n) is 1.91. The molecule has 0 atom stereocenters. The van der Waals surface area contributed by atoms with Crippen molar-refractivity contribution in [1.82, 2.24) is 0 Å². The second kappa shape index (κ2) is 2.20. The van der Waals surface area contributed by atoms with Gasteiger partial charge in [0.2, 0.25) is 5.69 Å². The van der Waals surface area contributed by atoms with E-state index in [1.807, 2.05) is 19.9 Å². The highest BCUT2D eigenvalue weighted by Crippen LogP contribution is 2.27. The van der Waals surface area contributed by atoms with Crippen LogP contribution in [0.25, 0.3) is 4.85 Å². The number of hydrogen-bond acceptors (Lipinski definition) is 1. The minimum Gasteiger partial charge on any atom is -0.237 e.